The Hall–Kier alpha value is -4.10. The Morgan fingerprint density at radius 2 is 1.90 bits per heavy atom. The average Bonchev–Trinajstić information content (AvgIpc) is 3.34. The highest BCUT2D eigenvalue weighted by Crippen LogP contribution is 2.32. The van der Waals surface area contributed by atoms with Crippen LogP contribution in [0.5, 0.6) is 5.88 Å². The maximum Gasteiger partial charge on any atom is 0.199 e. The summed E-state index contributed by atoms with van der Waals surface area (Å²) in [6.07, 6.45) is 11.0. The molecule has 1 aliphatic rings. The molecule has 0 fully saturated rings. The number of para-hydroxylation sites is 1. The van der Waals surface area contributed by atoms with Crippen molar-refractivity contribution in [2.45, 2.75) is 19.9 Å². The van der Waals surface area contributed by atoms with E-state index in [0.717, 1.165) is 27.6 Å². The molecule has 31 heavy (non-hydrogen) atoms. The number of allylic oxidation sites excluding steroid dienone is 6. The summed E-state index contributed by atoms with van der Waals surface area (Å²) in [7, 11) is 0. The molecule has 0 aliphatic heterocycles. The van der Waals surface area contributed by atoms with Crippen molar-refractivity contribution in [1.29, 1.82) is 5.26 Å². The number of fused-ring (bicyclic) bond motifs is 2. The van der Waals surface area contributed by atoms with Crippen LogP contribution in [-0.4, -0.2) is 15.5 Å². The zero-order valence-corrected chi connectivity index (χ0v) is 17.2. The van der Waals surface area contributed by atoms with Gasteiger partial charge in [0, 0.05) is 29.5 Å². The summed E-state index contributed by atoms with van der Waals surface area (Å²) >= 11 is 0. The first-order chi connectivity index (χ1) is 15.1. The second-order valence-corrected chi connectivity index (χ2v) is 7.31. The minimum absolute atomic E-state index is 0.106. The molecule has 4 rings (SSSR count). The lowest BCUT2D eigenvalue weighted by Crippen LogP contribution is -2.04. The van der Waals surface area contributed by atoms with Crippen LogP contribution in [0.25, 0.3) is 23.1 Å². The second-order valence-electron chi connectivity index (χ2n) is 7.31. The predicted molar refractivity (Wildman–Crippen MR) is 124 cm³/mol. The van der Waals surface area contributed by atoms with E-state index in [-0.39, 0.29) is 17.2 Å². The van der Waals surface area contributed by atoms with Gasteiger partial charge in [-0.25, -0.2) is 0 Å². The molecule has 1 aromatic heterocycles. The van der Waals surface area contributed by atoms with E-state index in [0.29, 0.717) is 18.5 Å². The molecular formula is C27H22N2O2. The summed E-state index contributed by atoms with van der Waals surface area (Å²) in [6, 6.07) is 17.7. The molecule has 1 N–H and O–H groups in total. The molecule has 0 saturated heterocycles. The Balaban J connectivity index is 1.51. The Kier molecular flexibility index (Phi) is 5.68. The summed E-state index contributed by atoms with van der Waals surface area (Å²) in [6.45, 7) is 2.66. The van der Waals surface area contributed by atoms with E-state index in [2.05, 4.69) is 0 Å². The third kappa shape index (κ3) is 3.86. The standard InChI is InChI=1S/C27H22N2O2/c1-2-29-25-15-9-8-13-23(25)24(27(29)31)14-5-3-4-12-21(18-28)26(30)22-16-19-10-6-7-11-20(19)17-22/h3-16,31H,2,17H2,1H3/b4-3+,14-5+,21-12+. The van der Waals surface area contributed by atoms with Crippen LogP contribution in [0, 0.1) is 11.3 Å². The summed E-state index contributed by atoms with van der Waals surface area (Å²) in [4.78, 5) is 12.7. The van der Waals surface area contributed by atoms with Crippen LogP contribution in [-0.2, 0) is 17.8 Å². The highest BCUT2D eigenvalue weighted by Gasteiger charge is 2.20. The molecule has 0 amide bonds. The van der Waals surface area contributed by atoms with Crippen molar-refractivity contribution >= 4 is 28.8 Å². The minimum Gasteiger partial charge on any atom is -0.494 e. The minimum atomic E-state index is -0.240. The number of hydrogen-bond acceptors (Lipinski definition) is 3. The van der Waals surface area contributed by atoms with Crippen molar-refractivity contribution < 1.29 is 9.90 Å². The Morgan fingerprint density at radius 3 is 2.68 bits per heavy atom. The first-order valence-electron chi connectivity index (χ1n) is 10.2. The Morgan fingerprint density at radius 1 is 1.13 bits per heavy atom. The molecule has 2 aromatic carbocycles. The molecule has 152 valence electrons. The van der Waals surface area contributed by atoms with Crippen LogP contribution in [0.2, 0.25) is 0 Å². The lowest BCUT2D eigenvalue weighted by molar-refractivity contribution is -0.111. The third-order valence-electron chi connectivity index (χ3n) is 5.47. The van der Waals surface area contributed by atoms with Crippen LogP contribution < -0.4 is 0 Å². The molecule has 4 heteroatoms. The lowest BCUT2D eigenvalue weighted by atomic mass is 10.0. The number of nitrogens with zero attached hydrogens (tertiary/aromatic N) is 2. The largest absolute Gasteiger partial charge is 0.494 e. The smallest absolute Gasteiger partial charge is 0.199 e. The van der Waals surface area contributed by atoms with Crippen LogP contribution >= 0.6 is 0 Å². The van der Waals surface area contributed by atoms with Crippen LogP contribution in [0.1, 0.15) is 23.6 Å². The van der Waals surface area contributed by atoms with Gasteiger partial charge in [0.15, 0.2) is 11.7 Å². The fourth-order valence-corrected chi connectivity index (χ4v) is 3.93. The molecule has 0 unspecified atom stereocenters. The summed E-state index contributed by atoms with van der Waals surface area (Å²) in [5.74, 6) is -0.0134. The number of benzene rings is 2. The molecule has 0 radical (unpaired) electrons. The fourth-order valence-electron chi connectivity index (χ4n) is 3.93. The lowest BCUT2D eigenvalue weighted by Gasteiger charge is -2.01. The van der Waals surface area contributed by atoms with Gasteiger partial charge in [-0.2, -0.15) is 5.26 Å². The maximum absolute atomic E-state index is 12.7. The first kappa shape index (κ1) is 20.2. The average molecular weight is 406 g/mol. The number of Topliss-reactive ketones (excluding diaryl/α,β-unsaturated/α-hetero) is 1. The molecule has 0 bridgehead atoms. The van der Waals surface area contributed by atoms with Gasteiger partial charge in [-0.15, -0.1) is 0 Å². The number of nitriles is 1. The molecule has 1 aliphatic carbocycles. The quantitative estimate of drug-likeness (QED) is 0.329. The number of aryl methyl sites for hydroxylation is 1. The number of hydrogen-bond donors (Lipinski definition) is 1. The Labute approximate surface area is 181 Å². The van der Waals surface area contributed by atoms with Crippen molar-refractivity contribution in [2.75, 3.05) is 0 Å². The zero-order valence-electron chi connectivity index (χ0n) is 17.2. The van der Waals surface area contributed by atoms with E-state index in [9.17, 15) is 15.2 Å². The van der Waals surface area contributed by atoms with E-state index >= 15 is 0 Å². The molecule has 3 aromatic rings. The van der Waals surface area contributed by atoms with E-state index < -0.39 is 0 Å². The Bertz CT molecular complexity index is 1330. The molecule has 4 nitrogen and oxygen atoms in total. The van der Waals surface area contributed by atoms with Gasteiger partial charge in [0.25, 0.3) is 0 Å². The van der Waals surface area contributed by atoms with Gasteiger partial charge >= 0.3 is 0 Å². The van der Waals surface area contributed by atoms with Crippen LogP contribution in [0.4, 0.5) is 0 Å². The van der Waals surface area contributed by atoms with Gasteiger partial charge < -0.3 is 9.67 Å². The van der Waals surface area contributed by atoms with Crippen molar-refractivity contribution in [3.8, 4) is 11.9 Å². The van der Waals surface area contributed by atoms with E-state index in [1.807, 2.05) is 78.2 Å². The highest BCUT2D eigenvalue weighted by atomic mass is 16.3. The van der Waals surface area contributed by atoms with Gasteiger partial charge in [0.1, 0.15) is 6.07 Å². The van der Waals surface area contributed by atoms with Gasteiger partial charge in [0.05, 0.1) is 11.1 Å². The highest BCUT2D eigenvalue weighted by molar-refractivity contribution is 6.14. The number of carbonyl (C=O) groups is 1. The number of rotatable bonds is 6. The first-order valence-corrected chi connectivity index (χ1v) is 10.2. The molecule has 1 heterocycles. The fraction of sp³-hybridized carbons (Fsp3) is 0.111. The van der Waals surface area contributed by atoms with Crippen molar-refractivity contribution in [3.63, 3.8) is 0 Å². The van der Waals surface area contributed by atoms with E-state index in [4.69, 9.17) is 0 Å². The van der Waals surface area contributed by atoms with E-state index in [1.165, 1.54) is 6.08 Å². The molecular weight excluding hydrogens is 384 g/mol. The second kappa shape index (κ2) is 8.73. The molecule has 0 saturated carbocycles. The van der Waals surface area contributed by atoms with Gasteiger partial charge in [0.2, 0.25) is 0 Å². The SMILES string of the molecule is CCn1c(O)c(/C=C/C=C/C=C(\C#N)C(=O)C2=Cc3ccccc3C2)c2ccccc21. The maximum atomic E-state index is 12.7. The number of ketones is 1. The van der Waals surface area contributed by atoms with Gasteiger partial charge in [-0.3, -0.25) is 4.79 Å². The predicted octanol–water partition coefficient (Wildman–Crippen LogP) is 5.59. The summed E-state index contributed by atoms with van der Waals surface area (Å²) < 4.78 is 1.86. The van der Waals surface area contributed by atoms with Crippen LogP contribution in [0.3, 0.4) is 0 Å². The monoisotopic (exact) mass is 406 g/mol. The molecule has 0 atom stereocenters. The summed E-state index contributed by atoms with van der Waals surface area (Å²) in [5.41, 5.74) is 4.61. The number of aromatic nitrogens is 1. The number of carbonyl (C=O) groups excluding carboxylic acids is 1. The van der Waals surface area contributed by atoms with Gasteiger partial charge in [-0.1, -0.05) is 60.7 Å². The zero-order chi connectivity index (χ0) is 21.8. The van der Waals surface area contributed by atoms with Crippen molar-refractivity contribution in [2.24, 2.45) is 0 Å². The summed E-state index contributed by atoms with van der Waals surface area (Å²) in [5, 5.41) is 21.0. The normalized spacial score (nSPS) is 13.7. The topological polar surface area (TPSA) is 66.0 Å². The van der Waals surface area contributed by atoms with E-state index in [1.54, 1.807) is 18.2 Å². The van der Waals surface area contributed by atoms with Crippen molar-refractivity contribution in [1.82, 2.24) is 4.57 Å². The van der Waals surface area contributed by atoms with Gasteiger partial charge in [-0.05, 0) is 42.3 Å². The number of aromatic hydroxyl groups is 1. The molecule has 0 spiro atoms. The van der Waals surface area contributed by atoms with Crippen LogP contribution in [0.15, 0.2) is 84.0 Å². The third-order valence-corrected chi connectivity index (χ3v) is 5.47. The van der Waals surface area contributed by atoms with Crippen molar-refractivity contribution in [3.05, 3.63) is 101 Å².